The summed E-state index contributed by atoms with van der Waals surface area (Å²) in [6, 6.07) is 6.94. The van der Waals surface area contributed by atoms with Crippen molar-refractivity contribution >= 4 is 15.8 Å². The standard InChI is InChI=1S/C21H27NO3S/c1-6-17-18-11-22(26(24,25)16-9-7-14(4)8-10-16)12-19(18)20(21(17)23)15(5)13(2)3/h6-10,13,18-20H,5,11-12H2,1-4H3/b17-6-/t18?,19?,20-/m0/s1. The minimum Gasteiger partial charge on any atom is -0.294 e. The molecule has 2 aliphatic rings. The number of ketones is 1. The van der Waals surface area contributed by atoms with Gasteiger partial charge >= 0.3 is 0 Å². The number of hydrogen-bond donors (Lipinski definition) is 0. The molecule has 0 N–H and O–H groups in total. The molecule has 1 saturated heterocycles. The first-order valence-corrected chi connectivity index (χ1v) is 10.6. The van der Waals surface area contributed by atoms with Crippen molar-refractivity contribution in [1.29, 1.82) is 0 Å². The maximum Gasteiger partial charge on any atom is 0.243 e. The fraction of sp³-hybridized carbons (Fsp3) is 0.476. The largest absolute Gasteiger partial charge is 0.294 e. The summed E-state index contributed by atoms with van der Waals surface area (Å²) in [5.74, 6) is 0.0126. The van der Waals surface area contributed by atoms with Gasteiger partial charge in [-0.15, -0.1) is 0 Å². The molecule has 4 nitrogen and oxygen atoms in total. The van der Waals surface area contributed by atoms with Crippen LogP contribution in [0.25, 0.3) is 0 Å². The molecule has 1 aliphatic heterocycles. The number of fused-ring (bicyclic) bond motifs is 1. The minimum atomic E-state index is -3.55. The molecule has 1 saturated carbocycles. The Morgan fingerprint density at radius 3 is 2.38 bits per heavy atom. The van der Waals surface area contributed by atoms with Crippen molar-refractivity contribution in [1.82, 2.24) is 4.31 Å². The van der Waals surface area contributed by atoms with Crippen LogP contribution in [0.3, 0.4) is 0 Å². The zero-order valence-corrected chi connectivity index (χ0v) is 16.7. The smallest absolute Gasteiger partial charge is 0.243 e. The molecule has 1 aromatic rings. The van der Waals surface area contributed by atoms with E-state index in [1.54, 1.807) is 16.4 Å². The lowest BCUT2D eigenvalue weighted by Crippen LogP contribution is -2.32. The first-order valence-electron chi connectivity index (χ1n) is 9.14. The van der Waals surface area contributed by atoms with Gasteiger partial charge in [0.05, 0.1) is 4.90 Å². The zero-order valence-electron chi connectivity index (χ0n) is 15.9. The quantitative estimate of drug-likeness (QED) is 0.599. The number of carbonyl (C=O) groups excluding carboxylic acids is 1. The Morgan fingerprint density at radius 2 is 1.85 bits per heavy atom. The molecule has 0 radical (unpaired) electrons. The Labute approximate surface area is 156 Å². The molecular weight excluding hydrogens is 346 g/mol. The summed E-state index contributed by atoms with van der Waals surface area (Å²) >= 11 is 0. The van der Waals surface area contributed by atoms with Crippen molar-refractivity contribution in [2.45, 2.75) is 32.6 Å². The highest BCUT2D eigenvalue weighted by Gasteiger charge is 2.53. The van der Waals surface area contributed by atoms with Gasteiger partial charge in [-0.25, -0.2) is 8.42 Å². The average Bonchev–Trinajstić information content (AvgIpc) is 3.11. The van der Waals surface area contributed by atoms with Crippen LogP contribution < -0.4 is 0 Å². The molecule has 2 unspecified atom stereocenters. The number of Topliss-reactive ketones (excluding diaryl/α,β-unsaturated/α-hetero) is 1. The van der Waals surface area contributed by atoms with E-state index in [0.717, 1.165) is 16.7 Å². The van der Waals surface area contributed by atoms with Gasteiger partial charge in [0.15, 0.2) is 5.78 Å². The second-order valence-electron chi connectivity index (χ2n) is 7.72. The molecule has 1 heterocycles. The van der Waals surface area contributed by atoms with Gasteiger partial charge in [-0.3, -0.25) is 4.79 Å². The first-order chi connectivity index (χ1) is 12.2. The Kier molecular flexibility index (Phi) is 4.97. The second-order valence-corrected chi connectivity index (χ2v) is 9.66. The van der Waals surface area contributed by atoms with Crippen molar-refractivity contribution in [3.8, 4) is 0 Å². The number of sulfonamides is 1. The topological polar surface area (TPSA) is 54.5 Å². The lowest BCUT2D eigenvalue weighted by atomic mass is 9.82. The molecule has 3 atom stereocenters. The van der Waals surface area contributed by atoms with Crippen LogP contribution in [0, 0.1) is 30.6 Å². The summed E-state index contributed by atoms with van der Waals surface area (Å²) in [6.07, 6.45) is 1.86. The van der Waals surface area contributed by atoms with E-state index in [1.165, 1.54) is 0 Å². The second kappa shape index (κ2) is 6.78. The molecule has 1 aliphatic carbocycles. The van der Waals surface area contributed by atoms with Crippen LogP contribution in [0.5, 0.6) is 0 Å². The van der Waals surface area contributed by atoms with E-state index in [4.69, 9.17) is 0 Å². The van der Waals surface area contributed by atoms with Gasteiger partial charge in [-0.05, 0) is 43.4 Å². The van der Waals surface area contributed by atoms with Gasteiger partial charge in [0, 0.05) is 24.9 Å². The Balaban J connectivity index is 1.94. The van der Waals surface area contributed by atoms with Crippen molar-refractivity contribution < 1.29 is 13.2 Å². The van der Waals surface area contributed by atoms with Crippen molar-refractivity contribution in [3.63, 3.8) is 0 Å². The van der Waals surface area contributed by atoms with E-state index in [1.807, 2.05) is 45.9 Å². The van der Waals surface area contributed by atoms with Gasteiger partial charge in [0.1, 0.15) is 0 Å². The van der Waals surface area contributed by atoms with Crippen LogP contribution in [-0.4, -0.2) is 31.6 Å². The molecule has 3 rings (SSSR count). The van der Waals surface area contributed by atoms with Crippen LogP contribution in [-0.2, 0) is 14.8 Å². The maximum absolute atomic E-state index is 13.1. The number of hydrogen-bond acceptors (Lipinski definition) is 3. The average molecular weight is 374 g/mol. The third kappa shape index (κ3) is 2.97. The molecule has 0 spiro atoms. The van der Waals surface area contributed by atoms with Crippen LogP contribution >= 0.6 is 0 Å². The Morgan fingerprint density at radius 1 is 1.23 bits per heavy atom. The van der Waals surface area contributed by atoms with Crippen molar-refractivity contribution in [2.75, 3.05) is 13.1 Å². The highest BCUT2D eigenvalue weighted by molar-refractivity contribution is 7.89. The number of benzene rings is 1. The van der Waals surface area contributed by atoms with Crippen molar-refractivity contribution in [2.24, 2.45) is 23.7 Å². The normalized spacial score (nSPS) is 28.1. The lowest BCUT2D eigenvalue weighted by Gasteiger charge is -2.23. The molecule has 0 bridgehead atoms. The fourth-order valence-corrected chi connectivity index (χ4v) is 5.73. The summed E-state index contributed by atoms with van der Waals surface area (Å²) in [5.41, 5.74) is 2.71. The number of rotatable bonds is 4. The molecule has 5 heteroatoms. The molecule has 1 aromatic carbocycles. The van der Waals surface area contributed by atoms with Crippen LogP contribution in [0.15, 0.2) is 53.0 Å². The Hall–Kier alpha value is -1.72. The van der Waals surface area contributed by atoms with E-state index in [2.05, 4.69) is 6.58 Å². The van der Waals surface area contributed by atoms with E-state index in [-0.39, 0.29) is 29.5 Å². The zero-order chi connectivity index (χ0) is 19.2. The summed E-state index contributed by atoms with van der Waals surface area (Å²) in [7, 11) is -3.55. The molecule has 0 aromatic heterocycles. The van der Waals surface area contributed by atoms with E-state index >= 15 is 0 Å². The van der Waals surface area contributed by atoms with Gasteiger partial charge in [0.2, 0.25) is 10.0 Å². The molecule has 26 heavy (non-hydrogen) atoms. The van der Waals surface area contributed by atoms with Gasteiger partial charge in [-0.1, -0.05) is 49.8 Å². The summed E-state index contributed by atoms with van der Waals surface area (Å²) in [4.78, 5) is 13.2. The number of carbonyl (C=O) groups is 1. The predicted octanol–water partition coefficient (Wildman–Crippen LogP) is 3.59. The molecule has 140 valence electrons. The fourth-order valence-electron chi connectivity index (χ4n) is 4.23. The van der Waals surface area contributed by atoms with Crippen LogP contribution in [0.1, 0.15) is 26.3 Å². The third-order valence-corrected chi connectivity index (χ3v) is 7.68. The SMILES string of the molecule is C=C(C(C)C)[C@@H]1C(=O)/C(=C\C)C2CN(S(=O)(=O)c3ccc(C)cc3)CC21. The van der Waals surface area contributed by atoms with Crippen LogP contribution in [0.2, 0.25) is 0 Å². The van der Waals surface area contributed by atoms with Gasteiger partial charge < -0.3 is 0 Å². The highest BCUT2D eigenvalue weighted by Crippen LogP contribution is 2.48. The van der Waals surface area contributed by atoms with E-state index in [9.17, 15) is 13.2 Å². The third-order valence-electron chi connectivity index (χ3n) is 5.84. The maximum atomic E-state index is 13.1. The molecular formula is C21H27NO3S. The monoisotopic (exact) mass is 373 g/mol. The Bertz CT molecular complexity index is 865. The number of aryl methyl sites for hydroxylation is 1. The lowest BCUT2D eigenvalue weighted by molar-refractivity contribution is -0.117. The van der Waals surface area contributed by atoms with Crippen LogP contribution in [0.4, 0.5) is 0 Å². The van der Waals surface area contributed by atoms with E-state index < -0.39 is 10.0 Å². The van der Waals surface area contributed by atoms with Gasteiger partial charge in [0.25, 0.3) is 0 Å². The summed E-state index contributed by atoms with van der Waals surface area (Å²) < 4.78 is 27.7. The number of allylic oxidation sites excluding steroid dienone is 2. The predicted molar refractivity (Wildman–Crippen MR) is 103 cm³/mol. The first kappa shape index (κ1) is 19.1. The minimum absolute atomic E-state index is 0.0103. The summed E-state index contributed by atoms with van der Waals surface area (Å²) in [5, 5.41) is 0. The molecule has 2 fully saturated rings. The summed E-state index contributed by atoms with van der Waals surface area (Å²) in [6.45, 7) is 12.8. The van der Waals surface area contributed by atoms with Crippen molar-refractivity contribution in [3.05, 3.63) is 53.6 Å². The molecule has 0 amide bonds. The number of nitrogens with zero attached hydrogens (tertiary/aromatic N) is 1. The van der Waals surface area contributed by atoms with E-state index in [0.29, 0.717) is 18.0 Å². The van der Waals surface area contributed by atoms with Gasteiger partial charge in [-0.2, -0.15) is 4.31 Å². The highest BCUT2D eigenvalue weighted by atomic mass is 32.2.